The van der Waals surface area contributed by atoms with Crippen molar-refractivity contribution in [2.24, 2.45) is 5.41 Å². The number of allylic oxidation sites excluding steroid dienone is 1. The molecule has 68 valence electrons. The van der Waals surface area contributed by atoms with Crippen LogP contribution in [0.25, 0.3) is 0 Å². The molecule has 1 aliphatic rings. The van der Waals surface area contributed by atoms with E-state index in [2.05, 4.69) is 13.8 Å². The number of hydrogen-bond donors (Lipinski definition) is 0. The molecule has 1 unspecified atom stereocenters. The van der Waals surface area contributed by atoms with Crippen molar-refractivity contribution in [2.45, 2.75) is 33.3 Å². The fourth-order valence-electron chi connectivity index (χ4n) is 1.01. The first kappa shape index (κ1) is 9.46. The second-order valence-corrected chi connectivity index (χ2v) is 3.80. The van der Waals surface area contributed by atoms with Gasteiger partial charge in [-0.1, -0.05) is 26.8 Å². The molecule has 0 spiro atoms. The van der Waals surface area contributed by atoms with Crippen molar-refractivity contribution in [2.75, 3.05) is 6.61 Å². The van der Waals surface area contributed by atoms with E-state index in [-0.39, 0.29) is 11.2 Å². The van der Waals surface area contributed by atoms with Gasteiger partial charge in [0.2, 0.25) is 0 Å². The second kappa shape index (κ2) is 3.40. The minimum atomic E-state index is 0.0187. The van der Waals surface area contributed by atoms with Crippen LogP contribution in [-0.4, -0.2) is 18.5 Å². The third-order valence-electron chi connectivity index (χ3n) is 2.21. The molecule has 1 rings (SSSR count). The summed E-state index contributed by atoms with van der Waals surface area (Å²) in [5, 5.41) is 0. The van der Waals surface area contributed by atoms with Gasteiger partial charge in [0.05, 0.1) is 12.7 Å². The highest BCUT2D eigenvalue weighted by atomic mass is 16.6. The average molecular weight is 168 g/mol. The Balaban J connectivity index is 2.47. The van der Waals surface area contributed by atoms with Crippen LogP contribution < -0.4 is 0 Å². The van der Waals surface area contributed by atoms with E-state index in [0.29, 0.717) is 12.5 Å². The zero-order valence-corrected chi connectivity index (χ0v) is 7.96. The monoisotopic (exact) mass is 168 g/mol. The maximum atomic E-state index is 11.0. The fourth-order valence-corrected chi connectivity index (χ4v) is 1.01. The van der Waals surface area contributed by atoms with Crippen LogP contribution in [0.15, 0.2) is 12.2 Å². The average Bonchev–Trinajstić information content (AvgIpc) is 2.82. The van der Waals surface area contributed by atoms with Crippen LogP contribution in [0.1, 0.15) is 27.2 Å². The summed E-state index contributed by atoms with van der Waals surface area (Å²) in [6.07, 6.45) is 4.52. The topological polar surface area (TPSA) is 29.6 Å². The molecule has 0 amide bonds. The largest absolute Gasteiger partial charge is 0.372 e. The Morgan fingerprint density at radius 3 is 2.67 bits per heavy atom. The summed E-state index contributed by atoms with van der Waals surface area (Å²) in [6.45, 7) is 6.87. The second-order valence-electron chi connectivity index (χ2n) is 3.80. The molecule has 0 aliphatic carbocycles. The molecular weight excluding hydrogens is 152 g/mol. The lowest BCUT2D eigenvalue weighted by atomic mass is 9.89. The SMILES string of the molecule is CCC(=O)/C=C/C(C)(C)C1CO1. The van der Waals surface area contributed by atoms with Gasteiger partial charge in [-0.05, 0) is 6.08 Å². The van der Waals surface area contributed by atoms with Gasteiger partial charge >= 0.3 is 0 Å². The molecular formula is C10H16O2. The van der Waals surface area contributed by atoms with Gasteiger partial charge in [-0.25, -0.2) is 0 Å². The number of epoxide rings is 1. The molecule has 1 atom stereocenters. The van der Waals surface area contributed by atoms with Crippen molar-refractivity contribution in [3.8, 4) is 0 Å². The Hall–Kier alpha value is -0.630. The van der Waals surface area contributed by atoms with E-state index < -0.39 is 0 Å². The first-order valence-corrected chi connectivity index (χ1v) is 4.40. The predicted octanol–water partition coefficient (Wildman–Crippen LogP) is 1.95. The maximum Gasteiger partial charge on any atom is 0.155 e. The van der Waals surface area contributed by atoms with E-state index in [1.807, 2.05) is 13.0 Å². The summed E-state index contributed by atoms with van der Waals surface area (Å²) in [7, 11) is 0. The molecule has 0 aromatic rings. The third kappa shape index (κ3) is 2.45. The van der Waals surface area contributed by atoms with Gasteiger partial charge in [0.1, 0.15) is 0 Å². The molecule has 0 aromatic carbocycles. The standard InChI is InChI=1S/C10H16O2/c1-4-8(11)5-6-10(2,3)9-7-12-9/h5-6,9H,4,7H2,1-3H3/b6-5+. The van der Waals surface area contributed by atoms with E-state index in [1.54, 1.807) is 6.08 Å². The van der Waals surface area contributed by atoms with Crippen molar-refractivity contribution < 1.29 is 9.53 Å². The highest BCUT2D eigenvalue weighted by molar-refractivity contribution is 5.89. The zero-order chi connectivity index (χ0) is 9.19. The number of carbonyl (C=O) groups excluding carboxylic acids is 1. The minimum Gasteiger partial charge on any atom is -0.372 e. The van der Waals surface area contributed by atoms with Crippen LogP contribution in [0.2, 0.25) is 0 Å². The molecule has 0 saturated carbocycles. The normalized spacial score (nSPS) is 23.1. The molecule has 0 N–H and O–H groups in total. The number of ether oxygens (including phenoxy) is 1. The van der Waals surface area contributed by atoms with Crippen molar-refractivity contribution in [1.29, 1.82) is 0 Å². The summed E-state index contributed by atoms with van der Waals surface area (Å²) in [5.74, 6) is 0.184. The van der Waals surface area contributed by atoms with E-state index >= 15 is 0 Å². The van der Waals surface area contributed by atoms with Gasteiger partial charge in [0.15, 0.2) is 5.78 Å². The van der Waals surface area contributed by atoms with E-state index in [4.69, 9.17) is 4.74 Å². The predicted molar refractivity (Wildman–Crippen MR) is 48.0 cm³/mol. The Morgan fingerprint density at radius 1 is 1.67 bits per heavy atom. The maximum absolute atomic E-state index is 11.0. The van der Waals surface area contributed by atoms with E-state index in [0.717, 1.165) is 6.61 Å². The number of carbonyl (C=O) groups is 1. The van der Waals surface area contributed by atoms with Gasteiger partial charge in [-0.3, -0.25) is 4.79 Å². The zero-order valence-electron chi connectivity index (χ0n) is 7.96. The van der Waals surface area contributed by atoms with Crippen molar-refractivity contribution >= 4 is 5.78 Å². The number of ketones is 1. The molecule has 1 saturated heterocycles. The highest BCUT2D eigenvalue weighted by Crippen LogP contribution is 2.33. The first-order chi connectivity index (χ1) is 5.56. The van der Waals surface area contributed by atoms with Crippen molar-refractivity contribution in [3.63, 3.8) is 0 Å². The highest BCUT2D eigenvalue weighted by Gasteiger charge is 2.37. The van der Waals surface area contributed by atoms with Crippen LogP contribution >= 0.6 is 0 Å². The van der Waals surface area contributed by atoms with Crippen LogP contribution in [-0.2, 0) is 9.53 Å². The molecule has 0 aromatic heterocycles. The summed E-state index contributed by atoms with van der Waals surface area (Å²) in [5.41, 5.74) is 0.0187. The molecule has 2 nitrogen and oxygen atoms in total. The Labute approximate surface area is 73.6 Å². The van der Waals surface area contributed by atoms with Crippen molar-refractivity contribution in [1.82, 2.24) is 0 Å². The van der Waals surface area contributed by atoms with Gasteiger partial charge in [0, 0.05) is 11.8 Å². The Morgan fingerprint density at radius 2 is 2.25 bits per heavy atom. The smallest absolute Gasteiger partial charge is 0.155 e. The summed E-state index contributed by atoms with van der Waals surface area (Å²) < 4.78 is 5.18. The van der Waals surface area contributed by atoms with E-state index in [1.165, 1.54) is 0 Å². The van der Waals surface area contributed by atoms with Crippen LogP contribution in [0, 0.1) is 5.41 Å². The summed E-state index contributed by atoms with van der Waals surface area (Å²) >= 11 is 0. The lowest BCUT2D eigenvalue weighted by Gasteiger charge is -2.15. The van der Waals surface area contributed by atoms with Crippen LogP contribution in [0.3, 0.4) is 0 Å². The van der Waals surface area contributed by atoms with Crippen molar-refractivity contribution in [3.05, 3.63) is 12.2 Å². The number of rotatable bonds is 4. The fraction of sp³-hybridized carbons (Fsp3) is 0.700. The molecule has 1 heterocycles. The molecule has 1 aliphatic heterocycles. The number of hydrogen-bond acceptors (Lipinski definition) is 2. The molecule has 2 heteroatoms. The van der Waals surface area contributed by atoms with Gasteiger partial charge < -0.3 is 4.74 Å². The van der Waals surface area contributed by atoms with Crippen LogP contribution in [0.5, 0.6) is 0 Å². The molecule has 1 fully saturated rings. The van der Waals surface area contributed by atoms with Gasteiger partial charge in [0.25, 0.3) is 0 Å². The molecule has 0 radical (unpaired) electrons. The Kier molecular flexibility index (Phi) is 2.68. The Bertz CT molecular complexity index is 200. The van der Waals surface area contributed by atoms with Gasteiger partial charge in [-0.2, -0.15) is 0 Å². The quantitative estimate of drug-likeness (QED) is 0.474. The van der Waals surface area contributed by atoms with E-state index in [9.17, 15) is 4.79 Å². The first-order valence-electron chi connectivity index (χ1n) is 4.40. The summed E-state index contributed by atoms with van der Waals surface area (Å²) in [6, 6.07) is 0. The lowest BCUT2D eigenvalue weighted by Crippen LogP contribution is -2.16. The molecule has 0 bridgehead atoms. The molecule has 12 heavy (non-hydrogen) atoms. The lowest BCUT2D eigenvalue weighted by molar-refractivity contribution is -0.114. The van der Waals surface area contributed by atoms with Crippen LogP contribution in [0.4, 0.5) is 0 Å². The third-order valence-corrected chi connectivity index (χ3v) is 2.21. The minimum absolute atomic E-state index is 0.0187. The van der Waals surface area contributed by atoms with Gasteiger partial charge in [-0.15, -0.1) is 0 Å². The summed E-state index contributed by atoms with van der Waals surface area (Å²) in [4.78, 5) is 11.0.